The molecule has 0 bridgehead atoms. The Balaban J connectivity index is 0.00000160. The predicted octanol–water partition coefficient (Wildman–Crippen LogP) is 3.90. The summed E-state index contributed by atoms with van der Waals surface area (Å²) in [5.74, 6) is -5.32. The van der Waals surface area contributed by atoms with Gasteiger partial charge in [-0.05, 0) is 56.1 Å². The molecule has 3 amide bonds. The molecule has 4 N–H and O–H groups in total. The Hall–Kier alpha value is -4.70. The van der Waals surface area contributed by atoms with Crippen LogP contribution in [0.2, 0.25) is 5.02 Å². The van der Waals surface area contributed by atoms with Gasteiger partial charge in [-0.25, -0.2) is 9.37 Å². The third-order valence-electron chi connectivity index (χ3n) is 7.75. The summed E-state index contributed by atoms with van der Waals surface area (Å²) in [4.78, 5) is 52.7. The number of ether oxygens (including phenoxy) is 1. The first-order chi connectivity index (χ1) is 22.4. The highest BCUT2D eigenvalue weighted by Gasteiger charge is 2.30. The van der Waals surface area contributed by atoms with E-state index in [1.54, 1.807) is 4.90 Å². The monoisotopic (exact) mass is 682 g/mol. The molecule has 2 saturated heterocycles. The SMILES string of the molecule is Cn1c(-c2ccc(OC(F)F)c(F)c2F)cnc1C(=O)Nc1ccc(C(=O)N2CCC(C(=O)N[C@H]3CCNC3)CC2)c(Cl)c1.O=CO. The van der Waals surface area contributed by atoms with Crippen molar-refractivity contribution >= 4 is 41.5 Å². The zero-order chi connectivity index (χ0) is 34.2. The zero-order valence-corrected chi connectivity index (χ0v) is 25.7. The standard InChI is InChI=1S/C29H29ClF4N6O4.CH2O2/c1-39-21(19-4-5-22(44-29(33)34)24(32)23(19)31)14-36-25(39)27(42)37-16-2-3-18(20(30)12-16)28(43)40-10-7-15(8-11-40)26(41)38-17-6-9-35-13-17;2-1-3/h2-5,12,14-15,17,29,35H,6-11,13H2,1H3,(H,37,42)(H,38,41);1H,(H,2,3)/t17-;/m0./s1. The smallest absolute Gasteiger partial charge is 0.387 e. The minimum atomic E-state index is -3.33. The van der Waals surface area contributed by atoms with Gasteiger partial charge in [-0.1, -0.05) is 11.6 Å². The van der Waals surface area contributed by atoms with E-state index in [-0.39, 0.29) is 63.6 Å². The van der Waals surface area contributed by atoms with Crippen molar-refractivity contribution in [3.63, 3.8) is 0 Å². The van der Waals surface area contributed by atoms with E-state index in [9.17, 15) is 31.9 Å². The minimum absolute atomic E-state index is 0.00548. The Bertz CT molecular complexity index is 1630. The Morgan fingerprint density at radius 1 is 1.13 bits per heavy atom. The van der Waals surface area contributed by atoms with E-state index < -0.39 is 29.9 Å². The predicted molar refractivity (Wildman–Crippen MR) is 161 cm³/mol. The van der Waals surface area contributed by atoms with Crippen LogP contribution < -0.4 is 20.7 Å². The number of nitrogens with zero attached hydrogens (tertiary/aromatic N) is 3. The van der Waals surface area contributed by atoms with Crippen LogP contribution in [0.15, 0.2) is 36.5 Å². The van der Waals surface area contributed by atoms with E-state index >= 15 is 0 Å². The third kappa shape index (κ3) is 8.37. The van der Waals surface area contributed by atoms with Crippen molar-refractivity contribution < 1.29 is 46.6 Å². The highest BCUT2D eigenvalue weighted by Crippen LogP contribution is 2.31. The van der Waals surface area contributed by atoms with Crippen molar-refractivity contribution in [1.29, 1.82) is 0 Å². The summed E-state index contributed by atoms with van der Waals surface area (Å²) in [7, 11) is 1.39. The number of nitrogens with one attached hydrogen (secondary N) is 3. The van der Waals surface area contributed by atoms with Crippen LogP contribution in [0.25, 0.3) is 11.3 Å². The summed E-state index contributed by atoms with van der Waals surface area (Å²) < 4.78 is 59.0. The van der Waals surface area contributed by atoms with Crippen molar-refractivity contribution in [3.05, 3.63) is 64.6 Å². The molecule has 0 saturated carbocycles. The van der Waals surface area contributed by atoms with Crippen LogP contribution in [0.5, 0.6) is 5.75 Å². The van der Waals surface area contributed by atoms with Crippen molar-refractivity contribution in [3.8, 4) is 17.0 Å². The summed E-state index contributed by atoms with van der Waals surface area (Å²) in [5, 5.41) is 15.9. The number of carboxylic acid groups (broad SMARTS) is 1. The van der Waals surface area contributed by atoms with Crippen molar-refractivity contribution in [2.45, 2.75) is 31.9 Å². The molecule has 0 spiro atoms. The maximum Gasteiger partial charge on any atom is 0.387 e. The molecule has 12 nitrogen and oxygen atoms in total. The first-order valence-corrected chi connectivity index (χ1v) is 14.8. The molecule has 2 fully saturated rings. The molecular formula is C30H31ClF4N6O6. The highest BCUT2D eigenvalue weighted by atomic mass is 35.5. The molecule has 5 rings (SSSR count). The molecule has 2 aliphatic heterocycles. The number of carbonyl (C=O) groups is 4. The summed E-state index contributed by atoms with van der Waals surface area (Å²) >= 11 is 6.42. The second kappa shape index (κ2) is 15.7. The Kier molecular flexibility index (Phi) is 11.8. The van der Waals surface area contributed by atoms with Gasteiger partial charge in [0.2, 0.25) is 11.7 Å². The number of aromatic nitrogens is 2. The fourth-order valence-electron chi connectivity index (χ4n) is 5.35. The highest BCUT2D eigenvalue weighted by molar-refractivity contribution is 6.34. The van der Waals surface area contributed by atoms with Crippen LogP contribution in [-0.2, 0) is 16.6 Å². The van der Waals surface area contributed by atoms with Crippen molar-refractivity contribution in [2.75, 3.05) is 31.5 Å². The number of anilines is 1. The van der Waals surface area contributed by atoms with Gasteiger partial charge >= 0.3 is 6.61 Å². The number of amides is 3. The Morgan fingerprint density at radius 3 is 2.45 bits per heavy atom. The van der Waals surface area contributed by atoms with E-state index in [0.717, 1.165) is 37.8 Å². The van der Waals surface area contributed by atoms with Gasteiger partial charge in [0.1, 0.15) is 0 Å². The van der Waals surface area contributed by atoms with E-state index in [1.165, 1.54) is 29.8 Å². The number of hydrogen-bond acceptors (Lipinski definition) is 7. The average molecular weight is 683 g/mol. The van der Waals surface area contributed by atoms with Gasteiger partial charge in [-0.2, -0.15) is 13.2 Å². The number of imidazole rings is 1. The van der Waals surface area contributed by atoms with Crippen LogP contribution in [0.1, 0.15) is 40.2 Å². The second-order valence-corrected chi connectivity index (χ2v) is 11.1. The summed E-state index contributed by atoms with van der Waals surface area (Å²) in [6, 6.07) is 6.41. The number of hydrogen-bond donors (Lipinski definition) is 4. The van der Waals surface area contributed by atoms with Crippen LogP contribution >= 0.6 is 11.6 Å². The molecule has 1 atom stereocenters. The van der Waals surface area contributed by atoms with E-state index in [2.05, 4.69) is 25.7 Å². The number of rotatable bonds is 8. The number of likely N-dealkylation sites (tertiary alicyclic amines) is 1. The lowest BCUT2D eigenvalue weighted by Crippen LogP contribution is -2.45. The van der Waals surface area contributed by atoms with Crippen LogP contribution in [-0.4, -0.2) is 82.6 Å². The number of piperidine rings is 1. The molecule has 17 heteroatoms. The summed E-state index contributed by atoms with van der Waals surface area (Å²) in [6.07, 6.45) is 3.12. The van der Waals surface area contributed by atoms with Gasteiger partial charge in [0, 0.05) is 49.9 Å². The Morgan fingerprint density at radius 2 is 1.83 bits per heavy atom. The van der Waals surface area contributed by atoms with E-state index in [4.69, 9.17) is 21.5 Å². The van der Waals surface area contributed by atoms with Crippen LogP contribution in [0.3, 0.4) is 0 Å². The van der Waals surface area contributed by atoms with Gasteiger partial charge in [0.15, 0.2) is 17.4 Å². The van der Waals surface area contributed by atoms with Gasteiger partial charge in [-0.15, -0.1) is 0 Å². The largest absolute Gasteiger partial charge is 0.483 e. The number of benzene rings is 2. The first kappa shape index (κ1) is 35.2. The number of halogens is 5. The first-order valence-electron chi connectivity index (χ1n) is 14.4. The van der Waals surface area contributed by atoms with Crippen LogP contribution in [0.4, 0.5) is 23.2 Å². The molecule has 3 aromatic rings. The number of carbonyl (C=O) groups excluding carboxylic acids is 3. The molecule has 1 aromatic heterocycles. The van der Waals surface area contributed by atoms with Gasteiger partial charge < -0.3 is 35.3 Å². The fraction of sp³-hybridized carbons (Fsp3) is 0.367. The lowest BCUT2D eigenvalue weighted by atomic mass is 9.95. The van der Waals surface area contributed by atoms with Crippen molar-refractivity contribution in [1.82, 2.24) is 25.1 Å². The molecule has 2 aromatic carbocycles. The fourth-order valence-corrected chi connectivity index (χ4v) is 5.61. The zero-order valence-electron chi connectivity index (χ0n) is 24.9. The maximum absolute atomic E-state index is 14.6. The van der Waals surface area contributed by atoms with Gasteiger partial charge in [0.25, 0.3) is 18.3 Å². The maximum atomic E-state index is 14.6. The molecule has 3 heterocycles. The lowest BCUT2D eigenvalue weighted by Gasteiger charge is -2.32. The summed E-state index contributed by atoms with van der Waals surface area (Å²) in [5.41, 5.74) is 0.176. The molecule has 0 unspecified atom stereocenters. The molecule has 0 radical (unpaired) electrons. The van der Waals surface area contributed by atoms with Crippen LogP contribution in [0, 0.1) is 17.6 Å². The minimum Gasteiger partial charge on any atom is -0.483 e. The molecule has 0 aliphatic carbocycles. The quantitative estimate of drug-likeness (QED) is 0.206. The molecule has 252 valence electrons. The second-order valence-electron chi connectivity index (χ2n) is 10.7. The van der Waals surface area contributed by atoms with E-state index in [0.29, 0.717) is 25.9 Å². The molecule has 47 heavy (non-hydrogen) atoms. The molecule has 2 aliphatic rings. The number of alkyl halides is 2. The topological polar surface area (TPSA) is 155 Å². The summed E-state index contributed by atoms with van der Waals surface area (Å²) in [6.45, 7) is -1.13. The lowest BCUT2D eigenvalue weighted by molar-refractivity contribution is -0.127. The normalized spacial score (nSPS) is 16.3. The van der Waals surface area contributed by atoms with E-state index in [1.807, 2.05) is 0 Å². The Labute approximate surface area is 271 Å². The van der Waals surface area contributed by atoms with Gasteiger partial charge in [-0.3, -0.25) is 19.2 Å². The van der Waals surface area contributed by atoms with Crippen molar-refractivity contribution in [2.24, 2.45) is 13.0 Å². The third-order valence-corrected chi connectivity index (χ3v) is 8.06. The average Bonchev–Trinajstić information content (AvgIpc) is 3.69. The molecular weight excluding hydrogens is 652 g/mol. The van der Waals surface area contributed by atoms with Gasteiger partial charge in [0.05, 0.1) is 22.5 Å².